The first-order chi connectivity index (χ1) is 15.6. The van der Waals surface area contributed by atoms with E-state index in [9.17, 15) is 18.0 Å². The molecule has 0 radical (unpaired) electrons. The van der Waals surface area contributed by atoms with Crippen molar-refractivity contribution in [1.29, 1.82) is 0 Å². The van der Waals surface area contributed by atoms with Crippen LogP contribution in [0, 0.1) is 20.8 Å². The molecule has 2 N–H and O–H groups in total. The maximum atomic E-state index is 13.0. The molecule has 1 fully saturated rings. The number of anilines is 1. The molecule has 33 heavy (non-hydrogen) atoms. The monoisotopic (exact) mass is 473 g/mol. The zero-order chi connectivity index (χ0) is 24.2. The highest BCUT2D eigenvalue weighted by molar-refractivity contribution is 7.92. The molecule has 178 valence electrons. The maximum Gasteiger partial charge on any atom is 0.262 e. The van der Waals surface area contributed by atoms with Crippen LogP contribution in [-0.2, 0) is 19.6 Å². The van der Waals surface area contributed by atoms with Crippen LogP contribution in [-0.4, -0.2) is 58.0 Å². The second kappa shape index (κ2) is 10.4. The number of hydrogen-bond donors (Lipinski definition) is 2. The molecule has 2 amide bonds. The third-order valence-electron chi connectivity index (χ3n) is 5.68. The van der Waals surface area contributed by atoms with Gasteiger partial charge in [-0.2, -0.15) is 0 Å². The Morgan fingerprint density at radius 3 is 2.33 bits per heavy atom. The molecule has 0 saturated carbocycles. The Balaban J connectivity index is 1.72. The highest BCUT2D eigenvalue weighted by atomic mass is 32.2. The molecule has 8 nitrogen and oxygen atoms in total. The van der Waals surface area contributed by atoms with Gasteiger partial charge in [-0.05, 0) is 69.0 Å². The van der Waals surface area contributed by atoms with Crippen LogP contribution in [0.1, 0.15) is 39.9 Å². The van der Waals surface area contributed by atoms with Gasteiger partial charge in [0, 0.05) is 31.5 Å². The summed E-state index contributed by atoms with van der Waals surface area (Å²) in [6.07, 6.45) is 1.36. The average Bonchev–Trinajstić information content (AvgIpc) is 3.22. The molecule has 0 unspecified atom stereocenters. The van der Waals surface area contributed by atoms with E-state index in [0.29, 0.717) is 48.5 Å². The zero-order valence-corrected chi connectivity index (χ0v) is 20.3. The molecule has 3 rings (SSSR count). The molecule has 9 heteroatoms. The van der Waals surface area contributed by atoms with Crippen LogP contribution >= 0.6 is 0 Å². The van der Waals surface area contributed by atoms with E-state index >= 15 is 0 Å². The Hall–Kier alpha value is -2.91. The summed E-state index contributed by atoms with van der Waals surface area (Å²) in [5.41, 5.74) is 3.11. The van der Waals surface area contributed by atoms with Crippen molar-refractivity contribution >= 4 is 27.5 Å². The molecule has 1 aliphatic heterocycles. The summed E-state index contributed by atoms with van der Waals surface area (Å²) in [4.78, 5) is 27.3. The van der Waals surface area contributed by atoms with E-state index in [2.05, 4.69) is 10.0 Å². The van der Waals surface area contributed by atoms with Gasteiger partial charge in [0.25, 0.3) is 15.9 Å². The summed E-state index contributed by atoms with van der Waals surface area (Å²) in [6, 6.07) is 9.43. The van der Waals surface area contributed by atoms with E-state index in [1.807, 2.05) is 19.1 Å². The van der Waals surface area contributed by atoms with Gasteiger partial charge in [0.15, 0.2) is 0 Å². The Labute approximate surface area is 195 Å². The minimum absolute atomic E-state index is 0.189. The van der Waals surface area contributed by atoms with Crippen molar-refractivity contribution in [2.45, 2.75) is 44.6 Å². The molecule has 1 atom stereocenters. The number of carbonyl (C=O) groups excluding carboxylic acids is 2. The van der Waals surface area contributed by atoms with Gasteiger partial charge in [-0.15, -0.1) is 0 Å². The molecule has 2 aromatic carbocycles. The summed E-state index contributed by atoms with van der Waals surface area (Å²) < 4.78 is 33.5. The summed E-state index contributed by atoms with van der Waals surface area (Å²) >= 11 is 0. The quantitative estimate of drug-likeness (QED) is 0.574. The molecule has 1 saturated heterocycles. The topological polar surface area (TPSA) is 105 Å². The van der Waals surface area contributed by atoms with Crippen LogP contribution in [0.25, 0.3) is 0 Å². The highest BCUT2D eigenvalue weighted by Gasteiger charge is 2.34. The molecule has 1 aliphatic rings. The van der Waals surface area contributed by atoms with Gasteiger partial charge in [0.2, 0.25) is 5.91 Å². The number of hydrogen-bond acceptors (Lipinski definition) is 5. The second-order valence-electron chi connectivity index (χ2n) is 8.35. The van der Waals surface area contributed by atoms with Crippen LogP contribution in [0.3, 0.4) is 0 Å². The first-order valence-corrected chi connectivity index (χ1v) is 12.4. The van der Waals surface area contributed by atoms with Crippen molar-refractivity contribution in [2.75, 3.05) is 31.5 Å². The summed E-state index contributed by atoms with van der Waals surface area (Å²) in [6.45, 7) is 6.77. The van der Waals surface area contributed by atoms with E-state index in [0.717, 1.165) is 12.0 Å². The second-order valence-corrected chi connectivity index (χ2v) is 9.97. The smallest absolute Gasteiger partial charge is 0.262 e. The summed E-state index contributed by atoms with van der Waals surface area (Å²) in [5, 5.41) is 2.79. The van der Waals surface area contributed by atoms with Crippen LogP contribution in [0.5, 0.6) is 0 Å². The van der Waals surface area contributed by atoms with Gasteiger partial charge in [-0.25, -0.2) is 8.42 Å². The minimum Gasteiger partial charge on any atom is -0.383 e. The molecule has 0 aliphatic carbocycles. The highest BCUT2D eigenvalue weighted by Crippen LogP contribution is 2.25. The first kappa shape index (κ1) is 24.7. The number of likely N-dealkylation sites (tertiary alicyclic amines) is 1. The number of ether oxygens (including phenoxy) is 1. The largest absolute Gasteiger partial charge is 0.383 e. The lowest BCUT2D eigenvalue weighted by Gasteiger charge is -2.24. The molecular formula is C24H31N3O5S. The maximum absolute atomic E-state index is 13.0. The predicted octanol–water partition coefficient (Wildman–Crippen LogP) is 2.78. The lowest BCUT2D eigenvalue weighted by Crippen LogP contribution is -2.46. The van der Waals surface area contributed by atoms with Crippen LogP contribution < -0.4 is 10.0 Å². The number of carbonyl (C=O) groups is 2. The van der Waals surface area contributed by atoms with Gasteiger partial charge in [0.1, 0.15) is 6.04 Å². The number of aryl methyl sites for hydroxylation is 3. The van der Waals surface area contributed by atoms with Crippen molar-refractivity contribution in [3.05, 3.63) is 58.7 Å². The van der Waals surface area contributed by atoms with Crippen LogP contribution in [0.2, 0.25) is 0 Å². The standard InChI is InChI=1S/C24H31N3O5S/c1-16-14-17(2)22(18(3)15-16)33(30,31)26-20-9-7-19(8-10-20)24(29)27-12-5-6-21(27)23(28)25-11-13-32-4/h7-10,14-15,21,26H,5-6,11-13H2,1-4H3,(H,25,28)/t21-/m1/s1. The average molecular weight is 474 g/mol. The number of benzene rings is 2. The van der Waals surface area contributed by atoms with Crippen molar-refractivity contribution in [1.82, 2.24) is 10.2 Å². The molecule has 2 aromatic rings. The number of sulfonamides is 1. The number of rotatable bonds is 8. The van der Waals surface area contributed by atoms with Gasteiger partial charge < -0.3 is 15.0 Å². The van der Waals surface area contributed by atoms with Crippen LogP contribution in [0.15, 0.2) is 41.3 Å². The summed E-state index contributed by atoms with van der Waals surface area (Å²) in [5.74, 6) is -0.440. The molecule has 0 bridgehead atoms. The zero-order valence-electron chi connectivity index (χ0n) is 19.5. The number of nitrogens with zero attached hydrogens (tertiary/aromatic N) is 1. The fourth-order valence-electron chi connectivity index (χ4n) is 4.32. The minimum atomic E-state index is -3.78. The van der Waals surface area contributed by atoms with E-state index in [1.54, 1.807) is 50.1 Å². The normalized spacial score (nSPS) is 16.0. The molecule has 0 spiro atoms. The van der Waals surface area contributed by atoms with E-state index in [-0.39, 0.29) is 16.7 Å². The summed E-state index contributed by atoms with van der Waals surface area (Å²) in [7, 11) is -2.22. The number of nitrogens with one attached hydrogen (secondary N) is 2. The Morgan fingerprint density at radius 2 is 1.73 bits per heavy atom. The van der Waals surface area contributed by atoms with Gasteiger partial charge in [-0.1, -0.05) is 17.7 Å². The molecule has 1 heterocycles. The van der Waals surface area contributed by atoms with Crippen molar-refractivity contribution in [3.8, 4) is 0 Å². The van der Waals surface area contributed by atoms with Crippen LogP contribution in [0.4, 0.5) is 5.69 Å². The van der Waals surface area contributed by atoms with Crippen molar-refractivity contribution in [2.24, 2.45) is 0 Å². The van der Waals surface area contributed by atoms with E-state index < -0.39 is 16.1 Å². The predicted molar refractivity (Wildman–Crippen MR) is 127 cm³/mol. The fraction of sp³-hybridized carbons (Fsp3) is 0.417. The third kappa shape index (κ3) is 5.72. The van der Waals surface area contributed by atoms with Gasteiger partial charge in [-0.3, -0.25) is 14.3 Å². The van der Waals surface area contributed by atoms with E-state index in [1.165, 1.54) is 0 Å². The molecule has 0 aromatic heterocycles. The lowest BCUT2D eigenvalue weighted by molar-refractivity contribution is -0.125. The van der Waals surface area contributed by atoms with Gasteiger partial charge in [0.05, 0.1) is 11.5 Å². The lowest BCUT2D eigenvalue weighted by atomic mass is 10.1. The Kier molecular flexibility index (Phi) is 7.76. The Morgan fingerprint density at radius 1 is 1.09 bits per heavy atom. The van der Waals surface area contributed by atoms with Gasteiger partial charge >= 0.3 is 0 Å². The number of methoxy groups -OCH3 is 1. The first-order valence-electron chi connectivity index (χ1n) is 10.9. The van der Waals surface area contributed by atoms with E-state index in [4.69, 9.17) is 4.74 Å². The number of amides is 2. The molecular weight excluding hydrogens is 442 g/mol. The fourth-order valence-corrected chi connectivity index (χ4v) is 5.83. The SMILES string of the molecule is COCCNC(=O)[C@H]1CCCN1C(=O)c1ccc(NS(=O)(=O)c2c(C)cc(C)cc2C)cc1. The third-order valence-corrected chi connectivity index (χ3v) is 7.37. The Bertz CT molecular complexity index is 1110. The van der Waals surface area contributed by atoms with Crippen molar-refractivity contribution in [3.63, 3.8) is 0 Å². The van der Waals surface area contributed by atoms with Crippen molar-refractivity contribution < 1.29 is 22.7 Å².